The quantitative estimate of drug-likeness (QED) is 0.835. The van der Waals surface area contributed by atoms with Gasteiger partial charge in [0, 0.05) is 24.7 Å². The van der Waals surface area contributed by atoms with Gasteiger partial charge in [0.2, 0.25) is 11.8 Å². The number of benzene rings is 1. The van der Waals surface area contributed by atoms with E-state index in [1.807, 2.05) is 0 Å². The third-order valence-electron chi connectivity index (χ3n) is 3.11. The Balaban J connectivity index is 2.00. The van der Waals surface area contributed by atoms with Crippen molar-refractivity contribution in [3.63, 3.8) is 0 Å². The topological polar surface area (TPSA) is 49.4 Å². The van der Waals surface area contributed by atoms with Crippen LogP contribution in [0, 0.1) is 11.6 Å². The second kappa shape index (κ2) is 5.44. The number of carbonyl (C=O) groups is 2. The predicted octanol–water partition coefficient (Wildman–Crippen LogP) is 1.20. The van der Waals surface area contributed by atoms with Gasteiger partial charge in [-0.05, 0) is 13.0 Å². The second-order valence-electron chi connectivity index (χ2n) is 4.35. The summed E-state index contributed by atoms with van der Waals surface area (Å²) in [6.45, 7) is 2.13. The van der Waals surface area contributed by atoms with Crippen molar-refractivity contribution in [3.05, 3.63) is 35.4 Å². The van der Waals surface area contributed by atoms with Crippen LogP contribution in [0.25, 0.3) is 0 Å². The first kappa shape index (κ1) is 13.6. The highest BCUT2D eigenvalue weighted by molar-refractivity contribution is 6.05. The summed E-state index contributed by atoms with van der Waals surface area (Å²) in [7, 11) is 0. The summed E-state index contributed by atoms with van der Waals surface area (Å²) in [5.41, 5.74) is 0.261. The van der Waals surface area contributed by atoms with Gasteiger partial charge >= 0.3 is 0 Å². The van der Waals surface area contributed by atoms with Crippen LogP contribution in [0.3, 0.4) is 0 Å². The van der Waals surface area contributed by atoms with Gasteiger partial charge in [-0.2, -0.15) is 0 Å². The van der Waals surface area contributed by atoms with E-state index >= 15 is 0 Å². The number of rotatable bonds is 4. The Morgan fingerprint density at radius 3 is 2.68 bits per heavy atom. The van der Waals surface area contributed by atoms with E-state index in [2.05, 4.69) is 5.32 Å². The summed E-state index contributed by atoms with van der Waals surface area (Å²) in [4.78, 5) is 24.5. The number of imide groups is 1. The summed E-state index contributed by atoms with van der Waals surface area (Å²) < 4.78 is 26.1. The molecular formula is C13H14F2N2O2. The van der Waals surface area contributed by atoms with E-state index in [-0.39, 0.29) is 30.3 Å². The molecule has 1 aromatic rings. The van der Waals surface area contributed by atoms with E-state index in [9.17, 15) is 18.4 Å². The zero-order valence-electron chi connectivity index (χ0n) is 10.5. The van der Waals surface area contributed by atoms with Gasteiger partial charge in [0.25, 0.3) is 0 Å². The molecule has 0 radical (unpaired) electrons. The minimum atomic E-state index is -0.670. The van der Waals surface area contributed by atoms with Crippen LogP contribution < -0.4 is 5.32 Å². The highest BCUT2D eigenvalue weighted by Crippen LogP contribution is 2.14. The van der Waals surface area contributed by atoms with Crippen molar-refractivity contribution in [2.24, 2.45) is 0 Å². The lowest BCUT2D eigenvalue weighted by Crippen LogP contribution is -2.38. The molecule has 2 rings (SSSR count). The molecule has 1 heterocycles. The molecule has 6 heteroatoms. The number of likely N-dealkylation sites (N-methyl/N-ethyl adjacent to an activating group) is 1. The molecule has 0 bridgehead atoms. The third-order valence-corrected chi connectivity index (χ3v) is 3.11. The number of nitrogens with one attached hydrogen (secondary N) is 1. The SMILES string of the molecule is CCN1C(=O)CC(NCc2ccc(F)cc2F)C1=O. The second-order valence-corrected chi connectivity index (χ2v) is 4.35. The summed E-state index contributed by atoms with van der Waals surface area (Å²) >= 11 is 0. The maximum absolute atomic E-state index is 13.4. The van der Waals surface area contributed by atoms with Gasteiger partial charge in [-0.15, -0.1) is 0 Å². The largest absolute Gasteiger partial charge is 0.301 e. The van der Waals surface area contributed by atoms with Crippen molar-refractivity contribution in [1.82, 2.24) is 10.2 Å². The number of hydrogen-bond acceptors (Lipinski definition) is 3. The molecule has 102 valence electrons. The molecule has 1 aliphatic rings. The fourth-order valence-corrected chi connectivity index (χ4v) is 2.07. The molecule has 0 spiro atoms. The molecule has 0 aromatic heterocycles. The lowest BCUT2D eigenvalue weighted by atomic mass is 10.2. The van der Waals surface area contributed by atoms with Crippen LogP contribution >= 0.6 is 0 Å². The number of halogens is 2. The van der Waals surface area contributed by atoms with E-state index in [0.717, 1.165) is 12.1 Å². The molecule has 1 aromatic carbocycles. The fraction of sp³-hybridized carbons (Fsp3) is 0.385. The predicted molar refractivity (Wildman–Crippen MR) is 64.0 cm³/mol. The van der Waals surface area contributed by atoms with Gasteiger partial charge in [0.1, 0.15) is 11.6 Å². The van der Waals surface area contributed by atoms with Crippen LogP contribution in [0.4, 0.5) is 8.78 Å². The third kappa shape index (κ3) is 2.78. The lowest BCUT2D eigenvalue weighted by Gasteiger charge is -2.13. The minimum Gasteiger partial charge on any atom is -0.301 e. The molecule has 2 amide bonds. The normalized spacial score (nSPS) is 19.3. The van der Waals surface area contributed by atoms with Crippen molar-refractivity contribution in [2.45, 2.75) is 25.9 Å². The van der Waals surface area contributed by atoms with E-state index in [0.29, 0.717) is 6.54 Å². The monoisotopic (exact) mass is 268 g/mol. The van der Waals surface area contributed by atoms with Crippen LogP contribution in [-0.2, 0) is 16.1 Å². The van der Waals surface area contributed by atoms with Crippen LogP contribution in [0.15, 0.2) is 18.2 Å². The molecule has 1 saturated heterocycles. The van der Waals surface area contributed by atoms with Gasteiger partial charge in [0.05, 0.1) is 12.5 Å². The molecular weight excluding hydrogens is 254 g/mol. The Hall–Kier alpha value is -1.82. The summed E-state index contributed by atoms with van der Waals surface area (Å²) in [6.07, 6.45) is 0.0789. The Kier molecular flexibility index (Phi) is 3.90. The van der Waals surface area contributed by atoms with E-state index in [4.69, 9.17) is 0 Å². The highest BCUT2D eigenvalue weighted by atomic mass is 19.1. The molecule has 1 fully saturated rings. The molecule has 1 aliphatic heterocycles. The smallest absolute Gasteiger partial charge is 0.246 e. The number of amides is 2. The number of carbonyl (C=O) groups excluding carboxylic acids is 2. The first-order valence-corrected chi connectivity index (χ1v) is 6.04. The van der Waals surface area contributed by atoms with Gasteiger partial charge < -0.3 is 5.32 Å². The zero-order chi connectivity index (χ0) is 14.0. The maximum atomic E-state index is 13.4. The number of likely N-dealkylation sites (tertiary alicyclic amines) is 1. The average Bonchev–Trinajstić information content (AvgIpc) is 2.63. The van der Waals surface area contributed by atoms with Gasteiger partial charge in [-0.1, -0.05) is 6.07 Å². The highest BCUT2D eigenvalue weighted by Gasteiger charge is 2.37. The Morgan fingerprint density at radius 1 is 1.37 bits per heavy atom. The van der Waals surface area contributed by atoms with E-state index in [1.165, 1.54) is 11.0 Å². The summed E-state index contributed by atoms with van der Waals surface area (Å²) in [5.74, 6) is -1.85. The first-order chi connectivity index (χ1) is 9.02. The number of hydrogen-bond donors (Lipinski definition) is 1. The van der Waals surface area contributed by atoms with Gasteiger partial charge in [0.15, 0.2) is 0 Å². The molecule has 1 atom stereocenters. The summed E-state index contributed by atoms with van der Waals surface area (Å²) in [6, 6.07) is 2.63. The molecule has 1 unspecified atom stereocenters. The fourth-order valence-electron chi connectivity index (χ4n) is 2.07. The molecule has 0 saturated carbocycles. The van der Waals surface area contributed by atoms with Crippen LogP contribution in [-0.4, -0.2) is 29.3 Å². The average molecular weight is 268 g/mol. The zero-order valence-corrected chi connectivity index (χ0v) is 10.5. The molecule has 0 aliphatic carbocycles. The van der Waals surface area contributed by atoms with Crippen molar-refractivity contribution in [2.75, 3.05) is 6.54 Å². The Labute approximate surface area is 109 Å². The molecule has 1 N–H and O–H groups in total. The molecule has 4 nitrogen and oxygen atoms in total. The van der Waals surface area contributed by atoms with Crippen molar-refractivity contribution in [1.29, 1.82) is 0 Å². The van der Waals surface area contributed by atoms with Crippen molar-refractivity contribution >= 4 is 11.8 Å². The van der Waals surface area contributed by atoms with Gasteiger partial charge in [-0.3, -0.25) is 14.5 Å². The van der Waals surface area contributed by atoms with Crippen LogP contribution in [0.2, 0.25) is 0 Å². The number of nitrogens with zero attached hydrogens (tertiary/aromatic N) is 1. The lowest BCUT2D eigenvalue weighted by molar-refractivity contribution is -0.138. The van der Waals surface area contributed by atoms with E-state index in [1.54, 1.807) is 6.92 Å². The van der Waals surface area contributed by atoms with Crippen molar-refractivity contribution in [3.8, 4) is 0 Å². The van der Waals surface area contributed by atoms with E-state index < -0.39 is 17.7 Å². The molecule has 19 heavy (non-hydrogen) atoms. The maximum Gasteiger partial charge on any atom is 0.246 e. The first-order valence-electron chi connectivity index (χ1n) is 6.04. The Bertz CT molecular complexity index is 519. The standard InChI is InChI=1S/C13H14F2N2O2/c1-2-17-12(18)6-11(13(17)19)16-7-8-3-4-9(14)5-10(8)15/h3-5,11,16H,2,6-7H2,1H3. The van der Waals surface area contributed by atoms with Gasteiger partial charge in [-0.25, -0.2) is 8.78 Å². The summed E-state index contributed by atoms with van der Waals surface area (Å²) in [5, 5.41) is 2.83. The Morgan fingerprint density at radius 2 is 2.11 bits per heavy atom. The van der Waals surface area contributed by atoms with Crippen LogP contribution in [0.1, 0.15) is 18.9 Å². The van der Waals surface area contributed by atoms with Crippen molar-refractivity contribution < 1.29 is 18.4 Å². The minimum absolute atomic E-state index is 0.0767. The van der Waals surface area contributed by atoms with Crippen LogP contribution in [0.5, 0.6) is 0 Å².